The molecular formula is C9H10IN3. The Kier molecular flexibility index (Phi) is 3.88. The van der Waals surface area contributed by atoms with Crippen LogP contribution in [0.2, 0.25) is 0 Å². The Morgan fingerprint density at radius 2 is 2.31 bits per heavy atom. The van der Waals surface area contributed by atoms with E-state index in [2.05, 4.69) is 39.2 Å². The van der Waals surface area contributed by atoms with Gasteiger partial charge in [-0.25, -0.2) is 0 Å². The number of nitrogens with zero attached hydrogens (tertiary/aromatic N) is 1. The van der Waals surface area contributed by atoms with Crippen molar-refractivity contribution in [3.8, 4) is 0 Å². The van der Waals surface area contributed by atoms with Crippen LogP contribution in [0.25, 0.3) is 0 Å². The fourth-order valence-electron chi connectivity index (χ4n) is 0.855. The van der Waals surface area contributed by atoms with Gasteiger partial charge in [0, 0.05) is 9.78 Å². The Hall–Kier alpha value is -0.910. The van der Waals surface area contributed by atoms with Gasteiger partial charge in [-0.1, -0.05) is 6.07 Å². The molecule has 0 aromatic heterocycles. The van der Waals surface area contributed by atoms with E-state index < -0.39 is 0 Å². The number of anilines is 1. The number of benzene rings is 1. The minimum atomic E-state index is 0.962. The van der Waals surface area contributed by atoms with E-state index in [1.54, 1.807) is 0 Å². The number of nitrogens with one attached hydrogen (secondary N) is 2. The number of hydrogen-bond donors (Lipinski definition) is 2. The van der Waals surface area contributed by atoms with Crippen molar-refractivity contribution in [2.45, 2.75) is 6.92 Å². The number of rotatable bonds is 3. The van der Waals surface area contributed by atoms with Gasteiger partial charge in [0.1, 0.15) is 0 Å². The molecule has 0 radical (unpaired) electrons. The highest BCUT2D eigenvalue weighted by atomic mass is 127. The lowest BCUT2D eigenvalue weighted by Gasteiger charge is -2.03. The fraction of sp³-hybridized carbons (Fsp3) is 0.111. The van der Waals surface area contributed by atoms with Crippen LogP contribution in [-0.2, 0) is 0 Å². The number of hydrogen-bond acceptors (Lipinski definition) is 3. The van der Waals surface area contributed by atoms with E-state index in [1.165, 1.54) is 11.8 Å². The molecule has 0 aliphatic rings. The lowest BCUT2D eigenvalue weighted by Crippen LogP contribution is -1.92. The van der Waals surface area contributed by atoms with Gasteiger partial charge in [-0.05, 0) is 47.2 Å². The number of hydrazone groups is 1. The van der Waals surface area contributed by atoms with Crippen molar-refractivity contribution in [1.29, 1.82) is 5.41 Å². The van der Waals surface area contributed by atoms with E-state index in [0.717, 1.165) is 15.5 Å². The first kappa shape index (κ1) is 10.2. The maximum absolute atomic E-state index is 6.74. The zero-order chi connectivity index (χ0) is 9.68. The Balaban J connectivity index is 2.77. The second kappa shape index (κ2) is 4.96. The van der Waals surface area contributed by atoms with Gasteiger partial charge in [-0.15, -0.1) is 0 Å². The average molecular weight is 287 g/mol. The molecule has 0 aliphatic heterocycles. The third-order valence-corrected chi connectivity index (χ3v) is 2.35. The molecule has 0 saturated carbocycles. The highest BCUT2D eigenvalue weighted by molar-refractivity contribution is 14.1. The van der Waals surface area contributed by atoms with Gasteiger partial charge in [0.15, 0.2) is 0 Å². The highest BCUT2D eigenvalue weighted by Gasteiger charge is 1.96. The summed E-state index contributed by atoms with van der Waals surface area (Å²) in [6.07, 6.45) is 2.53. The van der Waals surface area contributed by atoms with Crippen molar-refractivity contribution >= 4 is 40.7 Å². The highest BCUT2D eigenvalue weighted by Crippen LogP contribution is 2.18. The van der Waals surface area contributed by atoms with Crippen molar-refractivity contribution in [1.82, 2.24) is 0 Å². The summed E-state index contributed by atoms with van der Waals surface area (Å²) >= 11 is 2.24. The van der Waals surface area contributed by atoms with Crippen LogP contribution in [0, 0.1) is 15.9 Å². The molecular weight excluding hydrogens is 277 g/mol. The van der Waals surface area contributed by atoms with E-state index in [4.69, 9.17) is 5.41 Å². The molecule has 0 atom stereocenters. The standard InChI is InChI=1S/C9H10IN3/c1-7-2-3-9(8(10)6-7)13-12-5-4-11/h2-6,11,13H,1H3/b11-4?,12-5-. The second-order valence-corrected chi connectivity index (χ2v) is 3.70. The van der Waals surface area contributed by atoms with Crippen LogP contribution >= 0.6 is 22.6 Å². The Bertz CT molecular complexity index is 334. The van der Waals surface area contributed by atoms with E-state index in [-0.39, 0.29) is 0 Å². The largest absolute Gasteiger partial charge is 0.307 e. The van der Waals surface area contributed by atoms with Crippen molar-refractivity contribution < 1.29 is 0 Å². The van der Waals surface area contributed by atoms with Crippen LogP contribution in [-0.4, -0.2) is 12.4 Å². The third kappa shape index (κ3) is 3.14. The second-order valence-electron chi connectivity index (χ2n) is 2.54. The van der Waals surface area contributed by atoms with Gasteiger partial charge in [0.2, 0.25) is 0 Å². The Morgan fingerprint density at radius 3 is 2.92 bits per heavy atom. The zero-order valence-electron chi connectivity index (χ0n) is 7.21. The quantitative estimate of drug-likeness (QED) is 0.501. The average Bonchev–Trinajstić information content (AvgIpc) is 2.09. The van der Waals surface area contributed by atoms with E-state index >= 15 is 0 Å². The maximum Gasteiger partial charge on any atom is 0.0695 e. The fourth-order valence-corrected chi connectivity index (χ4v) is 1.65. The molecule has 0 heterocycles. The molecule has 0 amide bonds. The molecule has 1 aromatic carbocycles. The lowest BCUT2D eigenvalue weighted by atomic mass is 10.2. The molecule has 0 unspecified atom stereocenters. The summed E-state index contributed by atoms with van der Waals surface area (Å²) in [4.78, 5) is 0. The van der Waals surface area contributed by atoms with E-state index in [0.29, 0.717) is 0 Å². The molecule has 0 bridgehead atoms. The summed E-state index contributed by atoms with van der Waals surface area (Å²) in [5.41, 5.74) is 5.04. The minimum Gasteiger partial charge on any atom is -0.307 e. The number of halogens is 1. The van der Waals surface area contributed by atoms with Gasteiger partial charge in [-0.3, -0.25) is 5.43 Å². The summed E-state index contributed by atoms with van der Waals surface area (Å²) in [6, 6.07) is 6.06. The van der Waals surface area contributed by atoms with Gasteiger partial charge in [-0.2, -0.15) is 5.10 Å². The first-order valence-electron chi connectivity index (χ1n) is 3.78. The first-order valence-corrected chi connectivity index (χ1v) is 4.86. The first-order chi connectivity index (χ1) is 6.24. The topological polar surface area (TPSA) is 48.2 Å². The summed E-state index contributed by atoms with van der Waals surface area (Å²) < 4.78 is 1.12. The van der Waals surface area contributed by atoms with Crippen molar-refractivity contribution in [2.24, 2.45) is 5.10 Å². The molecule has 68 valence electrons. The van der Waals surface area contributed by atoms with Crippen molar-refractivity contribution in [3.63, 3.8) is 0 Å². The summed E-state index contributed by atoms with van der Waals surface area (Å²) in [6.45, 7) is 2.05. The third-order valence-electron chi connectivity index (χ3n) is 1.46. The minimum absolute atomic E-state index is 0.962. The normalized spacial score (nSPS) is 10.3. The summed E-state index contributed by atoms with van der Waals surface area (Å²) in [5.74, 6) is 0. The van der Waals surface area contributed by atoms with E-state index in [9.17, 15) is 0 Å². The Labute approximate surface area is 90.9 Å². The molecule has 0 spiro atoms. The van der Waals surface area contributed by atoms with Crippen LogP contribution < -0.4 is 5.43 Å². The molecule has 2 N–H and O–H groups in total. The van der Waals surface area contributed by atoms with Crippen LogP contribution in [0.5, 0.6) is 0 Å². The molecule has 0 aliphatic carbocycles. The molecule has 1 rings (SSSR count). The van der Waals surface area contributed by atoms with Crippen LogP contribution in [0.4, 0.5) is 5.69 Å². The maximum atomic E-state index is 6.74. The van der Waals surface area contributed by atoms with Gasteiger partial charge in [0.25, 0.3) is 0 Å². The molecule has 3 nitrogen and oxygen atoms in total. The van der Waals surface area contributed by atoms with Crippen LogP contribution in [0.1, 0.15) is 5.56 Å². The van der Waals surface area contributed by atoms with Gasteiger partial charge in [0.05, 0.1) is 11.9 Å². The number of aryl methyl sites for hydroxylation is 1. The Morgan fingerprint density at radius 1 is 1.54 bits per heavy atom. The molecule has 0 saturated heterocycles. The van der Waals surface area contributed by atoms with Crippen LogP contribution in [0.3, 0.4) is 0 Å². The molecule has 4 heteroatoms. The predicted octanol–water partition coefficient (Wildman–Crippen LogP) is 2.65. The zero-order valence-corrected chi connectivity index (χ0v) is 9.37. The summed E-state index contributed by atoms with van der Waals surface area (Å²) in [5, 5.41) is 10.6. The molecule has 13 heavy (non-hydrogen) atoms. The SMILES string of the molecule is Cc1ccc(N/N=C\C=N)c(I)c1. The summed E-state index contributed by atoms with van der Waals surface area (Å²) in [7, 11) is 0. The van der Waals surface area contributed by atoms with Crippen molar-refractivity contribution in [2.75, 3.05) is 5.43 Å². The van der Waals surface area contributed by atoms with E-state index in [1.807, 2.05) is 19.1 Å². The van der Waals surface area contributed by atoms with Crippen LogP contribution in [0.15, 0.2) is 23.3 Å². The van der Waals surface area contributed by atoms with Gasteiger partial charge >= 0.3 is 0 Å². The van der Waals surface area contributed by atoms with Gasteiger partial charge < -0.3 is 5.41 Å². The predicted molar refractivity (Wildman–Crippen MR) is 64.8 cm³/mol. The lowest BCUT2D eigenvalue weighted by molar-refractivity contribution is 1.33. The smallest absolute Gasteiger partial charge is 0.0695 e. The van der Waals surface area contributed by atoms with Crippen molar-refractivity contribution in [3.05, 3.63) is 27.3 Å². The monoisotopic (exact) mass is 287 g/mol. The molecule has 0 fully saturated rings. The molecule has 1 aromatic rings.